The molecule has 0 atom stereocenters. The predicted octanol–water partition coefficient (Wildman–Crippen LogP) is -0.615. The Morgan fingerprint density at radius 3 is 2.44 bits per heavy atom. The van der Waals surface area contributed by atoms with Crippen molar-refractivity contribution in [2.45, 2.75) is 0 Å². The maximum absolute atomic E-state index is 13.2. The summed E-state index contributed by atoms with van der Waals surface area (Å²) in [7, 11) is 0. The first-order valence-corrected chi connectivity index (χ1v) is 5.64. The molecule has 0 aliphatic heterocycles. The molecule has 0 radical (unpaired) electrons. The molecule has 0 bridgehead atoms. The van der Waals surface area contributed by atoms with Gasteiger partial charge in [-0.1, -0.05) is 0 Å². The van der Waals surface area contributed by atoms with Gasteiger partial charge in [0.2, 0.25) is 0 Å². The number of nitrogens with zero attached hydrogens (tertiary/aromatic N) is 1. The molecular formula is C10H12Cl3FN2. The Balaban J connectivity index is 0.00000225. The molecule has 0 aromatic heterocycles. The fourth-order valence-corrected chi connectivity index (χ4v) is 1.51. The minimum absolute atomic E-state index is 0. The molecule has 16 heavy (non-hydrogen) atoms. The van der Waals surface area contributed by atoms with Gasteiger partial charge in [0.25, 0.3) is 5.83 Å². The van der Waals surface area contributed by atoms with Crippen molar-refractivity contribution in [3.8, 4) is 0 Å². The third-order valence-electron chi connectivity index (χ3n) is 1.80. The minimum atomic E-state index is -0.341. The van der Waals surface area contributed by atoms with Gasteiger partial charge in [0.15, 0.2) is 5.70 Å². The molecule has 0 amide bonds. The smallest absolute Gasteiger partial charge is 0.265 e. The molecule has 0 aromatic carbocycles. The Morgan fingerprint density at radius 2 is 1.94 bits per heavy atom. The van der Waals surface area contributed by atoms with E-state index in [9.17, 15) is 4.39 Å². The lowest BCUT2D eigenvalue weighted by molar-refractivity contribution is -0.00000354. The molecule has 0 aromatic rings. The number of hydrazine groups is 1. The van der Waals surface area contributed by atoms with Gasteiger partial charge in [-0.05, 0) is 0 Å². The van der Waals surface area contributed by atoms with Crippen molar-refractivity contribution in [2.75, 3.05) is 24.8 Å². The van der Waals surface area contributed by atoms with Gasteiger partial charge >= 0.3 is 0 Å². The largest absolute Gasteiger partial charge is 1.00 e. The average Bonchev–Trinajstić information content (AvgIpc) is 2.22. The van der Waals surface area contributed by atoms with Crippen LogP contribution < -0.4 is 17.8 Å². The molecule has 0 unspecified atom stereocenters. The topological polar surface area (TPSA) is 15.3 Å². The van der Waals surface area contributed by atoms with E-state index < -0.39 is 0 Å². The lowest BCUT2D eigenvalue weighted by Crippen LogP contribution is -3.00. The summed E-state index contributed by atoms with van der Waals surface area (Å²) in [6.45, 7) is 1.21. The van der Waals surface area contributed by atoms with Crippen LogP contribution in [0.4, 0.5) is 4.39 Å². The number of allylic oxidation sites excluding steroid dienone is 5. The molecule has 1 aliphatic rings. The van der Waals surface area contributed by atoms with E-state index in [0.717, 1.165) is 0 Å². The van der Waals surface area contributed by atoms with Gasteiger partial charge in [-0.3, -0.25) is 5.43 Å². The number of nitrogens with one attached hydrogen (secondary N) is 1. The quantitative estimate of drug-likeness (QED) is 0.398. The van der Waals surface area contributed by atoms with Gasteiger partial charge in [-0.2, -0.15) is 0 Å². The van der Waals surface area contributed by atoms with E-state index in [1.807, 2.05) is 0 Å². The van der Waals surface area contributed by atoms with Crippen LogP contribution in [0.25, 0.3) is 0 Å². The first-order chi connectivity index (χ1) is 7.27. The first-order valence-electron chi connectivity index (χ1n) is 4.57. The van der Waals surface area contributed by atoms with Crippen molar-refractivity contribution in [3.05, 3.63) is 35.8 Å². The van der Waals surface area contributed by atoms with E-state index in [1.165, 1.54) is 6.08 Å². The van der Waals surface area contributed by atoms with Gasteiger partial charge in [-0.15, -0.1) is 27.6 Å². The van der Waals surface area contributed by atoms with Crippen LogP contribution in [-0.4, -0.2) is 29.9 Å². The third-order valence-corrected chi connectivity index (χ3v) is 2.14. The molecule has 1 aliphatic carbocycles. The van der Waals surface area contributed by atoms with Gasteiger partial charge in [-0.25, -0.2) is 5.01 Å². The number of alkyl halides is 2. The number of hydrogen-bond donors (Lipinski definition) is 1. The molecule has 0 heterocycles. The normalized spacial score (nSPS) is 13.8. The highest BCUT2D eigenvalue weighted by Gasteiger charge is 2.15. The van der Waals surface area contributed by atoms with Crippen LogP contribution >= 0.6 is 23.2 Å². The Labute approximate surface area is 111 Å². The van der Waals surface area contributed by atoms with Crippen molar-refractivity contribution < 1.29 is 16.8 Å². The van der Waals surface area contributed by atoms with Crippen LogP contribution in [0.15, 0.2) is 29.8 Å². The van der Waals surface area contributed by atoms with Crippen LogP contribution in [0.5, 0.6) is 0 Å². The molecule has 6 heteroatoms. The SMILES string of the molecule is FC1=C(NN(CCCl)CCCl)C=C[C+]=C1.[Cl-]. The summed E-state index contributed by atoms with van der Waals surface area (Å²) in [6, 6.07) is 0. The summed E-state index contributed by atoms with van der Waals surface area (Å²) >= 11 is 11.2. The van der Waals surface area contributed by atoms with Crippen molar-refractivity contribution in [3.63, 3.8) is 0 Å². The molecular weight excluding hydrogens is 273 g/mol. The van der Waals surface area contributed by atoms with E-state index in [2.05, 4.69) is 11.5 Å². The van der Waals surface area contributed by atoms with E-state index in [0.29, 0.717) is 30.5 Å². The first kappa shape index (κ1) is 15.7. The molecule has 2 nitrogen and oxygen atoms in total. The fourth-order valence-electron chi connectivity index (χ4n) is 1.10. The average molecular weight is 286 g/mol. The maximum atomic E-state index is 13.2. The monoisotopic (exact) mass is 284 g/mol. The van der Waals surface area contributed by atoms with E-state index in [4.69, 9.17) is 23.2 Å². The highest BCUT2D eigenvalue weighted by Crippen LogP contribution is 2.11. The molecule has 0 saturated carbocycles. The highest BCUT2D eigenvalue weighted by atomic mass is 35.5. The molecule has 0 spiro atoms. The highest BCUT2D eigenvalue weighted by molar-refractivity contribution is 6.18. The second-order valence-corrected chi connectivity index (χ2v) is 3.64. The standard InChI is InChI=1S/C10H12Cl2FN2.ClH/c11-5-7-15(8-6-12)14-10-4-2-1-3-9(10)13;/h2-4,14H,5-8H2;1H/q+1;/p-1. The second kappa shape index (κ2) is 8.80. The molecule has 90 valence electrons. The zero-order valence-corrected chi connectivity index (χ0v) is 10.8. The van der Waals surface area contributed by atoms with Gasteiger partial charge in [0, 0.05) is 30.9 Å². The van der Waals surface area contributed by atoms with Gasteiger partial charge in [0.1, 0.15) is 12.2 Å². The molecule has 0 fully saturated rings. The number of hydrogen-bond acceptors (Lipinski definition) is 2. The summed E-state index contributed by atoms with van der Waals surface area (Å²) < 4.78 is 13.2. The van der Waals surface area contributed by atoms with Crippen molar-refractivity contribution in [1.82, 2.24) is 10.4 Å². The fraction of sp³-hybridized carbons (Fsp3) is 0.400. The second-order valence-electron chi connectivity index (χ2n) is 2.88. The Hall–Kier alpha value is -0.310. The van der Waals surface area contributed by atoms with Crippen molar-refractivity contribution >= 4 is 23.2 Å². The predicted molar refractivity (Wildman–Crippen MR) is 61.2 cm³/mol. The summed E-state index contributed by atoms with van der Waals surface area (Å²) in [5, 5.41) is 1.78. The lowest BCUT2D eigenvalue weighted by atomic mass is 10.2. The maximum Gasteiger partial charge on any atom is 0.265 e. The van der Waals surface area contributed by atoms with Crippen LogP contribution in [0, 0.1) is 6.08 Å². The molecule has 1 rings (SSSR count). The van der Waals surface area contributed by atoms with Crippen molar-refractivity contribution in [1.29, 1.82) is 0 Å². The zero-order valence-electron chi connectivity index (χ0n) is 8.52. The summed E-state index contributed by atoms with van der Waals surface area (Å²) in [5.41, 5.74) is 3.33. The summed E-state index contributed by atoms with van der Waals surface area (Å²) in [6.07, 6.45) is 7.19. The number of rotatable bonds is 6. The van der Waals surface area contributed by atoms with Crippen molar-refractivity contribution in [2.24, 2.45) is 0 Å². The minimum Gasteiger partial charge on any atom is -1.00 e. The Kier molecular flexibility index (Phi) is 8.63. The Bertz CT molecular complexity index is 284. The van der Waals surface area contributed by atoms with Gasteiger partial charge in [0.05, 0.1) is 6.08 Å². The number of halogens is 4. The summed E-state index contributed by atoms with van der Waals surface area (Å²) in [5.74, 6) is 0.584. The van der Waals surface area contributed by atoms with Crippen LogP contribution in [0.1, 0.15) is 0 Å². The lowest BCUT2D eigenvalue weighted by Gasteiger charge is -2.20. The van der Waals surface area contributed by atoms with Crippen LogP contribution in [-0.2, 0) is 0 Å². The van der Waals surface area contributed by atoms with Crippen LogP contribution in [0.3, 0.4) is 0 Å². The third kappa shape index (κ3) is 5.15. The van der Waals surface area contributed by atoms with E-state index in [-0.39, 0.29) is 18.2 Å². The Morgan fingerprint density at radius 1 is 1.31 bits per heavy atom. The zero-order chi connectivity index (χ0) is 11.1. The van der Waals surface area contributed by atoms with E-state index in [1.54, 1.807) is 17.2 Å². The van der Waals surface area contributed by atoms with E-state index >= 15 is 0 Å². The summed E-state index contributed by atoms with van der Waals surface area (Å²) in [4.78, 5) is 0. The van der Waals surface area contributed by atoms with Crippen LogP contribution in [0.2, 0.25) is 0 Å². The van der Waals surface area contributed by atoms with Gasteiger partial charge < -0.3 is 12.4 Å². The molecule has 1 N–H and O–H groups in total. The molecule has 0 saturated heterocycles.